The fourth-order valence-corrected chi connectivity index (χ4v) is 1.30. The van der Waals surface area contributed by atoms with Crippen LogP contribution in [0, 0.1) is 0 Å². The number of benzene rings is 1. The summed E-state index contributed by atoms with van der Waals surface area (Å²) in [6.07, 6.45) is 0. The van der Waals surface area contributed by atoms with Crippen LogP contribution in [0.5, 0.6) is 5.75 Å². The molecule has 4 heteroatoms. The van der Waals surface area contributed by atoms with Gasteiger partial charge in [0.25, 0.3) is 0 Å². The normalized spacial score (nSPS) is 11.6. The summed E-state index contributed by atoms with van der Waals surface area (Å²) in [5.74, 6) is -1.11. The average molecular weight is 198 g/mol. The quantitative estimate of drug-likeness (QED) is 0.744. The van der Waals surface area contributed by atoms with E-state index in [1.54, 1.807) is 18.2 Å². The number of phenolic OH excluding ortho intramolecular Hbond substituents is 1. The maximum Gasteiger partial charge on any atom is 0.311 e. The molecule has 1 N–H and O–H groups in total. The van der Waals surface area contributed by atoms with Gasteiger partial charge in [0.05, 0.1) is 0 Å². The maximum atomic E-state index is 9.30. The van der Waals surface area contributed by atoms with Crippen molar-refractivity contribution in [3.05, 3.63) is 29.8 Å². The summed E-state index contributed by atoms with van der Waals surface area (Å²) in [6.45, 7) is 0. The van der Waals surface area contributed by atoms with Crippen molar-refractivity contribution in [3.8, 4) is 5.75 Å². The number of hydrogen-bond donors (Lipinski definition) is 1. The standard InChI is InChI=1S/C10H14O4/c1-12-10(13-2,14-3)8-5-4-6-9(11)7-8/h4-7,11H,1-3H3. The molecule has 0 saturated carbocycles. The van der Waals surface area contributed by atoms with Gasteiger partial charge in [0.15, 0.2) is 0 Å². The zero-order chi connectivity index (χ0) is 10.6. The molecule has 0 amide bonds. The zero-order valence-corrected chi connectivity index (χ0v) is 8.48. The van der Waals surface area contributed by atoms with E-state index < -0.39 is 5.97 Å². The predicted molar refractivity (Wildman–Crippen MR) is 50.8 cm³/mol. The van der Waals surface area contributed by atoms with Gasteiger partial charge in [-0.3, -0.25) is 0 Å². The molecule has 0 saturated heterocycles. The summed E-state index contributed by atoms with van der Waals surface area (Å²) in [4.78, 5) is 0. The van der Waals surface area contributed by atoms with Crippen LogP contribution in [0.2, 0.25) is 0 Å². The molecule has 0 fully saturated rings. The van der Waals surface area contributed by atoms with Crippen molar-refractivity contribution >= 4 is 0 Å². The van der Waals surface area contributed by atoms with Crippen molar-refractivity contribution in [3.63, 3.8) is 0 Å². The lowest BCUT2D eigenvalue weighted by Gasteiger charge is -2.28. The van der Waals surface area contributed by atoms with Crippen LogP contribution in [0.4, 0.5) is 0 Å². The molecule has 1 rings (SSSR count). The zero-order valence-electron chi connectivity index (χ0n) is 8.48. The lowest BCUT2D eigenvalue weighted by molar-refractivity contribution is -0.364. The minimum atomic E-state index is -1.25. The third kappa shape index (κ3) is 1.87. The fourth-order valence-electron chi connectivity index (χ4n) is 1.30. The van der Waals surface area contributed by atoms with Crippen molar-refractivity contribution in [2.75, 3.05) is 21.3 Å². The van der Waals surface area contributed by atoms with Gasteiger partial charge in [-0.2, -0.15) is 0 Å². The molecule has 78 valence electrons. The number of aromatic hydroxyl groups is 1. The number of ether oxygens (including phenoxy) is 3. The molecule has 14 heavy (non-hydrogen) atoms. The average Bonchev–Trinajstić information content (AvgIpc) is 2.22. The Kier molecular flexibility index (Phi) is 3.46. The lowest BCUT2D eigenvalue weighted by Crippen LogP contribution is -2.32. The second-order valence-electron chi connectivity index (χ2n) is 2.72. The van der Waals surface area contributed by atoms with E-state index in [1.807, 2.05) is 0 Å². The van der Waals surface area contributed by atoms with Gasteiger partial charge in [-0.15, -0.1) is 0 Å². The van der Waals surface area contributed by atoms with Gasteiger partial charge in [0, 0.05) is 26.9 Å². The van der Waals surface area contributed by atoms with Crippen LogP contribution in [0.1, 0.15) is 5.56 Å². The number of hydrogen-bond acceptors (Lipinski definition) is 4. The fraction of sp³-hybridized carbons (Fsp3) is 0.400. The Morgan fingerprint density at radius 2 is 1.64 bits per heavy atom. The topological polar surface area (TPSA) is 47.9 Å². The van der Waals surface area contributed by atoms with Crippen molar-refractivity contribution < 1.29 is 19.3 Å². The first kappa shape index (κ1) is 11.0. The Bertz CT molecular complexity index is 286. The highest BCUT2D eigenvalue weighted by Crippen LogP contribution is 2.28. The van der Waals surface area contributed by atoms with Crippen LogP contribution in [-0.4, -0.2) is 26.4 Å². The van der Waals surface area contributed by atoms with Gasteiger partial charge in [-0.1, -0.05) is 12.1 Å². The molecule has 0 aliphatic carbocycles. The first-order valence-electron chi connectivity index (χ1n) is 4.13. The Balaban J connectivity index is 3.10. The summed E-state index contributed by atoms with van der Waals surface area (Å²) in [5, 5.41) is 9.30. The molecule has 0 spiro atoms. The molecule has 0 atom stereocenters. The monoisotopic (exact) mass is 198 g/mol. The van der Waals surface area contributed by atoms with E-state index in [4.69, 9.17) is 14.2 Å². The van der Waals surface area contributed by atoms with Gasteiger partial charge < -0.3 is 19.3 Å². The molecule has 0 heterocycles. The van der Waals surface area contributed by atoms with Crippen molar-refractivity contribution in [1.29, 1.82) is 0 Å². The smallest absolute Gasteiger partial charge is 0.311 e. The van der Waals surface area contributed by atoms with E-state index in [-0.39, 0.29) is 5.75 Å². The summed E-state index contributed by atoms with van der Waals surface area (Å²) < 4.78 is 15.4. The molecule has 0 aliphatic rings. The Hall–Kier alpha value is -1.10. The number of phenols is 1. The minimum absolute atomic E-state index is 0.137. The number of rotatable bonds is 4. The van der Waals surface area contributed by atoms with Crippen LogP contribution in [0.15, 0.2) is 24.3 Å². The molecular formula is C10H14O4. The SMILES string of the molecule is COC(OC)(OC)c1cccc(O)c1. The number of methoxy groups -OCH3 is 3. The van der Waals surface area contributed by atoms with Crippen LogP contribution in [0.3, 0.4) is 0 Å². The first-order chi connectivity index (χ1) is 6.68. The third-order valence-electron chi connectivity index (χ3n) is 2.01. The maximum absolute atomic E-state index is 9.30. The van der Waals surface area contributed by atoms with E-state index in [0.29, 0.717) is 5.56 Å². The second kappa shape index (κ2) is 4.41. The van der Waals surface area contributed by atoms with E-state index in [1.165, 1.54) is 27.4 Å². The van der Waals surface area contributed by atoms with Crippen LogP contribution < -0.4 is 0 Å². The van der Waals surface area contributed by atoms with Crippen molar-refractivity contribution in [1.82, 2.24) is 0 Å². The molecule has 1 aromatic rings. The highest BCUT2D eigenvalue weighted by molar-refractivity contribution is 5.29. The van der Waals surface area contributed by atoms with Gasteiger partial charge >= 0.3 is 5.97 Å². The molecule has 0 bridgehead atoms. The third-order valence-corrected chi connectivity index (χ3v) is 2.01. The molecule has 0 aliphatic heterocycles. The van der Waals surface area contributed by atoms with Gasteiger partial charge in [-0.05, 0) is 12.1 Å². The molecule has 0 radical (unpaired) electrons. The van der Waals surface area contributed by atoms with Gasteiger partial charge in [0.1, 0.15) is 5.75 Å². The molecule has 0 aromatic heterocycles. The molecule has 1 aromatic carbocycles. The highest BCUT2D eigenvalue weighted by atomic mass is 16.9. The van der Waals surface area contributed by atoms with E-state index >= 15 is 0 Å². The minimum Gasteiger partial charge on any atom is -0.508 e. The summed E-state index contributed by atoms with van der Waals surface area (Å²) in [5.41, 5.74) is 0.602. The highest BCUT2D eigenvalue weighted by Gasteiger charge is 2.32. The molecular weight excluding hydrogens is 184 g/mol. The first-order valence-corrected chi connectivity index (χ1v) is 4.13. The van der Waals surface area contributed by atoms with Gasteiger partial charge in [0.2, 0.25) is 0 Å². The van der Waals surface area contributed by atoms with Crippen LogP contribution in [0.25, 0.3) is 0 Å². The van der Waals surface area contributed by atoms with Crippen LogP contribution >= 0.6 is 0 Å². The Morgan fingerprint density at radius 1 is 1.07 bits per heavy atom. The summed E-state index contributed by atoms with van der Waals surface area (Å²) >= 11 is 0. The summed E-state index contributed by atoms with van der Waals surface area (Å²) in [6, 6.07) is 6.53. The second-order valence-corrected chi connectivity index (χ2v) is 2.72. The Labute approximate surface area is 83.0 Å². The van der Waals surface area contributed by atoms with Crippen molar-refractivity contribution in [2.24, 2.45) is 0 Å². The van der Waals surface area contributed by atoms with Crippen LogP contribution in [-0.2, 0) is 20.2 Å². The largest absolute Gasteiger partial charge is 0.508 e. The van der Waals surface area contributed by atoms with E-state index in [2.05, 4.69) is 0 Å². The van der Waals surface area contributed by atoms with E-state index in [9.17, 15) is 5.11 Å². The summed E-state index contributed by atoms with van der Waals surface area (Å²) in [7, 11) is 4.41. The predicted octanol–water partition coefficient (Wildman–Crippen LogP) is 1.44. The molecule has 4 nitrogen and oxygen atoms in total. The van der Waals surface area contributed by atoms with E-state index in [0.717, 1.165) is 0 Å². The lowest BCUT2D eigenvalue weighted by atomic mass is 10.2. The Morgan fingerprint density at radius 3 is 2.07 bits per heavy atom. The molecule has 0 unspecified atom stereocenters. The van der Waals surface area contributed by atoms with Gasteiger partial charge in [-0.25, -0.2) is 0 Å². The van der Waals surface area contributed by atoms with Crippen molar-refractivity contribution in [2.45, 2.75) is 5.97 Å².